The van der Waals surface area contributed by atoms with E-state index in [4.69, 9.17) is 0 Å². The highest BCUT2D eigenvalue weighted by Crippen LogP contribution is 2.28. The summed E-state index contributed by atoms with van der Waals surface area (Å²) in [5, 5.41) is 12.7. The molecular formula is C29H51N5O5. The Labute approximate surface area is 234 Å². The molecule has 3 unspecified atom stereocenters. The Kier molecular flexibility index (Phi) is 10.4. The number of hydrogen-bond donors (Lipinski definition) is 2. The highest BCUT2D eigenvalue weighted by atomic mass is 16.4. The van der Waals surface area contributed by atoms with Crippen molar-refractivity contribution in [3.63, 3.8) is 0 Å². The topological polar surface area (TPSA) is 113 Å². The molecule has 3 heterocycles. The molecular weight excluding hydrogens is 498 g/mol. The summed E-state index contributed by atoms with van der Waals surface area (Å²) in [6, 6.07) is -2.18. The predicted octanol–water partition coefficient (Wildman–Crippen LogP) is 2.02. The Morgan fingerprint density at radius 3 is 2.13 bits per heavy atom. The van der Waals surface area contributed by atoms with Crippen LogP contribution in [0.1, 0.15) is 79.6 Å². The molecule has 3 aliphatic rings. The van der Waals surface area contributed by atoms with Gasteiger partial charge in [-0.25, -0.2) is 4.79 Å². The number of nitrogens with one attached hydrogen (secondary N) is 1. The van der Waals surface area contributed by atoms with Gasteiger partial charge in [0.1, 0.15) is 12.1 Å². The predicted molar refractivity (Wildman–Crippen MR) is 150 cm³/mol. The molecule has 3 saturated heterocycles. The largest absolute Gasteiger partial charge is 0.480 e. The van der Waals surface area contributed by atoms with Crippen molar-refractivity contribution in [3.05, 3.63) is 0 Å². The van der Waals surface area contributed by atoms with Crippen LogP contribution < -0.4 is 5.32 Å². The van der Waals surface area contributed by atoms with Gasteiger partial charge in [-0.3, -0.25) is 24.2 Å². The zero-order chi connectivity index (χ0) is 29.1. The van der Waals surface area contributed by atoms with E-state index in [1.807, 2.05) is 27.8 Å². The molecule has 0 radical (unpaired) electrons. The van der Waals surface area contributed by atoms with Gasteiger partial charge in [0.2, 0.25) is 17.7 Å². The van der Waals surface area contributed by atoms with Crippen molar-refractivity contribution in [1.82, 2.24) is 24.9 Å². The summed E-state index contributed by atoms with van der Waals surface area (Å²) < 4.78 is 0. The van der Waals surface area contributed by atoms with Crippen LogP contribution in [-0.4, -0.2) is 119 Å². The smallest absolute Gasteiger partial charge is 0.326 e. The maximum Gasteiger partial charge on any atom is 0.326 e. The number of carbonyl (C=O) groups excluding carboxylic acids is 3. The van der Waals surface area contributed by atoms with Crippen LogP contribution in [0.3, 0.4) is 0 Å². The molecule has 3 aliphatic heterocycles. The summed E-state index contributed by atoms with van der Waals surface area (Å²) >= 11 is 0. The summed E-state index contributed by atoms with van der Waals surface area (Å²) in [6.45, 7) is 12.7. The molecule has 10 nitrogen and oxygen atoms in total. The van der Waals surface area contributed by atoms with Crippen LogP contribution in [-0.2, 0) is 19.2 Å². The molecule has 0 bridgehead atoms. The van der Waals surface area contributed by atoms with Gasteiger partial charge >= 0.3 is 5.97 Å². The summed E-state index contributed by atoms with van der Waals surface area (Å²) in [7, 11) is 3.77. The normalized spacial score (nSPS) is 26.5. The average Bonchev–Trinajstić information content (AvgIpc) is 3.54. The number of carboxylic acids is 1. The van der Waals surface area contributed by atoms with Crippen molar-refractivity contribution in [2.45, 2.75) is 110 Å². The van der Waals surface area contributed by atoms with E-state index < -0.39 is 23.5 Å². The summed E-state index contributed by atoms with van der Waals surface area (Å²) in [5.74, 6) is -1.14. The molecule has 0 saturated carbocycles. The second-order valence-electron chi connectivity index (χ2n) is 13.2. The molecule has 5 atom stereocenters. The molecule has 3 fully saturated rings. The first-order valence-electron chi connectivity index (χ1n) is 14.8. The summed E-state index contributed by atoms with van der Waals surface area (Å²) in [6.07, 6.45) is 5.64. The van der Waals surface area contributed by atoms with E-state index in [9.17, 15) is 24.3 Å². The van der Waals surface area contributed by atoms with Crippen molar-refractivity contribution < 1.29 is 24.3 Å². The van der Waals surface area contributed by atoms with Crippen LogP contribution >= 0.6 is 0 Å². The molecule has 2 N–H and O–H groups in total. The van der Waals surface area contributed by atoms with E-state index >= 15 is 0 Å². The average molecular weight is 550 g/mol. The Morgan fingerprint density at radius 1 is 0.923 bits per heavy atom. The van der Waals surface area contributed by atoms with Crippen LogP contribution in [0.15, 0.2) is 0 Å². The lowest BCUT2D eigenvalue weighted by molar-refractivity contribution is -0.150. The molecule has 0 aromatic carbocycles. The third-order valence-corrected chi connectivity index (χ3v) is 8.98. The van der Waals surface area contributed by atoms with E-state index in [1.54, 1.807) is 11.9 Å². The number of rotatable bonds is 9. The molecule has 0 aromatic rings. The van der Waals surface area contributed by atoms with Gasteiger partial charge in [-0.1, -0.05) is 41.0 Å². The van der Waals surface area contributed by atoms with Crippen molar-refractivity contribution in [1.29, 1.82) is 0 Å². The zero-order valence-corrected chi connectivity index (χ0v) is 25.1. The van der Waals surface area contributed by atoms with Gasteiger partial charge in [-0.15, -0.1) is 0 Å². The lowest BCUT2D eigenvalue weighted by atomic mass is 9.84. The Hall–Kier alpha value is -2.20. The number of amides is 3. The highest BCUT2D eigenvalue weighted by molar-refractivity contribution is 5.90. The minimum atomic E-state index is -0.939. The van der Waals surface area contributed by atoms with Gasteiger partial charge in [0.15, 0.2) is 0 Å². The SMILES string of the molecule is CC(C)[C@@H](CN1CCC[C@H]1C(=O)N1CCCC1C(=O)O)N(C)C(=O)C(NC(=O)C1CCCCN1C)C(C)(C)C. The fourth-order valence-corrected chi connectivity index (χ4v) is 6.48. The Morgan fingerprint density at radius 2 is 1.54 bits per heavy atom. The number of likely N-dealkylation sites (N-methyl/N-ethyl adjacent to an activating group) is 2. The van der Waals surface area contributed by atoms with Crippen LogP contribution in [0, 0.1) is 11.3 Å². The standard InChI is InChI=1S/C29H51N5O5/c1-19(2)23(18-33-16-10-13-21(33)26(36)34-17-11-14-22(34)28(38)39)32(7)27(37)24(29(3,4)5)30-25(35)20-12-8-9-15-31(20)6/h19-24H,8-18H2,1-7H3,(H,30,35)(H,38,39)/t20?,21-,22?,23+,24?/m0/s1. The van der Waals surface area contributed by atoms with Crippen LogP contribution in [0.2, 0.25) is 0 Å². The van der Waals surface area contributed by atoms with Crippen LogP contribution in [0.5, 0.6) is 0 Å². The maximum atomic E-state index is 14.0. The number of hydrogen-bond acceptors (Lipinski definition) is 6. The zero-order valence-electron chi connectivity index (χ0n) is 25.1. The number of aliphatic carboxylic acids is 1. The van der Waals surface area contributed by atoms with Crippen molar-refractivity contribution >= 4 is 23.7 Å². The van der Waals surface area contributed by atoms with Crippen molar-refractivity contribution in [3.8, 4) is 0 Å². The molecule has 3 rings (SSSR count). The first-order valence-corrected chi connectivity index (χ1v) is 14.8. The Balaban J connectivity index is 1.74. The molecule has 0 spiro atoms. The number of carboxylic acid groups (broad SMARTS) is 1. The molecule has 39 heavy (non-hydrogen) atoms. The Bertz CT molecular complexity index is 903. The van der Waals surface area contributed by atoms with E-state index in [-0.39, 0.29) is 41.8 Å². The third-order valence-electron chi connectivity index (χ3n) is 8.98. The first-order chi connectivity index (χ1) is 18.2. The molecule has 0 aliphatic carbocycles. The van der Waals surface area contributed by atoms with E-state index in [2.05, 4.69) is 29.0 Å². The second kappa shape index (κ2) is 13.0. The van der Waals surface area contributed by atoms with Crippen molar-refractivity contribution in [2.24, 2.45) is 11.3 Å². The van der Waals surface area contributed by atoms with Crippen molar-refractivity contribution in [2.75, 3.05) is 40.3 Å². The molecule has 10 heteroatoms. The second-order valence-corrected chi connectivity index (χ2v) is 13.2. The van der Waals surface area contributed by atoms with Gasteiger partial charge in [0, 0.05) is 26.2 Å². The number of nitrogens with zero attached hydrogens (tertiary/aromatic N) is 4. The number of likely N-dealkylation sites (tertiary alicyclic amines) is 3. The highest BCUT2D eigenvalue weighted by Gasteiger charge is 2.43. The maximum absolute atomic E-state index is 14.0. The fourth-order valence-electron chi connectivity index (χ4n) is 6.48. The number of carbonyl (C=O) groups is 4. The van der Waals surface area contributed by atoms with Crippen LogP contribution in [0.4, 0.5) is 0 Å². The monoisotopic (exact) mass is 549 g/mol. The summed E-state index contributed by atoms with van der Waals surface area (Å²) in [5.41, 5.74) is -0.483. The summed E-state index contributed by atoms with van der Waals surface area (Å²) in [4.78, 5) is 59.9. The van der Waals surface area contributed by atoms with Gasteiger partial charge in [0.05, 0.1) is 12.1 Å². The lowest BCUT2D eigenvalue weighted by Gasteiger charge is -2.41. The van der Waals surface area contributed by atoms with E-state index in [1.165, 1.54) is 4.90 Å². The number of piperidine rings is 1. The van der Waals surface area contributed by atoms with Gasteiger partial charge < -0.3 is 20.2 Å². The first kappa shape index (κ1) is 31.3. The molecule has 3 amide bonds. The van der Waals surface area contributed by atoms with Gasteiger partial charge in [0.25, 0.3) is 0 Å². The fraction of sp³-hybridized carbons (Fsp3) is 0.862. The quantitative estimate of drug-likeness (QED) is 0.452. The van der Waals surface area contributed by atoms with E-state index in [0.29, 0.717) is 32.4 Å². The van der Waals surface area contributed by atoms with Gasteiger partial charge in [-0.05, 0) is 70.0 Å². The molecule has 0 aromatic heterocycles. The minimum Gasteiger partial charge on any atom is -0.480 e. The lowest BCUT2D eigenvalue weighted by Crippen LogP contribution is -2.61. The van der Waals surface area contributed by atoms with Gasteiger partial charge in [-0.2, -0.15) is 0 Å². The molecule has 222 valence electrons. The van der Waals surface area contributed by atoms with Crippen LogP contribution in [0.25, 0.3) is 0 Å². The van der Waals surface area contributed by atoms with E-state index in [0.717, 1.165) is 38.8 Å². The minimum absolute atomic E-state index is 0.0937. The third kappa shape index (κ3) is 7.31.